The lowest BCUT2D eigenvalue weighted by molar-refractivity contribution is -0.123. The summed E-state index contributed by atoms with van der Waals surface area (Å²) in [4.78, 5) is 14.3. The molecule has 1 aromatic rings. The number of hydrogen-bond donors (Lipinski definition) is 2. The van der Waals surface area contributed by atoms with Crippen molar-refractivity contribution in [1.82, 2.24) is 10.2 Å². The molecule has 1 fully saturated rings. The Hall–Kier alpha value is -1.30. The summed E-state index contributed by atoms with van der Waals surface area (Å²) < 4.78 is 5.73. The number of rotatable bonds is 8. The first-order valence-electron chi connectivity index (χ1n) is 8.75. The second-order valence-corrected chi connectivity index (χ2v) is 6.76. The van der Waals surface area contributed by atoms with Crippen LogP contribution < -0.4 is 15.8 Å². The number of piperidine rings is 1. The zero-order valence-electron chi connectivity index (χ0n) is 14.3. The molecule has 0 radical (unpaired) electrons. The number of nitrogens with zero attached hydrogens (tertiary/aromatic N) is 1. The smallest absolute Gasteiger partial charge is 0.237 e. The maximum absolute atomic E-state index is 12.0. The summed E-state index contributed by atoms with van der Waals surface area (Å²) in [6, 6.07) is 7.28. The number of likely N-dealkylation sites (tertiary alicyclic amines) is 1. The monoisotopic (exact) mass is 353 g/mol. The maximum atomic E-state index is 12.0. The fourth-order valence-corrected chi connectivity index (χ4v) is 3.00. The summed E-state index contributed by atoms with van der Waals surface area (Å²) in [5.41, 5.74) is 5.86. The van der Waals surface area contributed by atoms with Crippen LogP contribution in [-0.2, 0) is 4.79 Å². The van der Waals surface area contributed by atoms with Crippen LogP contribution >= 0.6 is 11.6 Å². The van der Waals surface area contributed by atoms with Gasteiger partial charge in [-0.05, 0) is 43.5 Å². The molecule has 6 heteroatoms. The molecular formula is C18H28ClN3O2. The van der Waals surface area contributed by atoms with Gasteiger partial charge >= 0.3 is 0 Å². The third-order valence-electron chi connectivity index (χ3n) is 4.36. The largest absolute Gasteiger partial charge is 0.492 e. The van der Waals surface area contributed by atoms with E-state index in [1.165, 1.54) is 0 Å². The first-order chi connectivity index (χ1) is 11.6. The van der Waals surface area contributed by atoms with E-state index in [-0.39, 0.29) is 18.0 Å². The number of carbonyl (C=O) groups is 1. The molecule has 1 atom stereocenters. The Bertz CT molecular complexity index is 501. The van der Waals surface area contributed by atoms with Crippen LogP contribution in [0.2, 0.25) is 5.02 Å². The van der Waals surface area contributed by atoms with E-state index in [0.29, 0.717) is 11.6 Å². The number of benzene rings is 1. The van der Waals surface area contributed by atoms with Crippen molar-refractivity contribution in [3.63, 3.8) is 0 Å². The van der Waals surface area contributed by atoms with Gasteiger partial charge in [0, 0.05) is 30.7 Å². The van der Waals surface area contributed by atoms with Gasteiger partial charge in [0.25, 0.3) is 0 Å². The molecule has 1 aliphatic rings. The minimum atomic E-state index is -0.374. The molecular weight excluding hydrogens is 326 g/mol. The Morgan fingerprint density at radius 1 is 1.38 bits per heavy atom. The van der Waals surface area contributed by atoms with E-state index < -0.39 is 0 Å². The number of amides is 1. The van der Waals surface area contributed by atoms with Crippen LogP contribution in [0, 0.1) is 0 Å². The van der Waals surface area contributed by atoms with Crippen molar-refractivity contribution in [2.24, 2.45) is 5.73 Å². The van der Waals surface area contributed by atoms with E-state index in [9.17, 15) is 4.79 Å². The Morgan fingerprint density at radius 3 is 2.67 bits per heavy atom. The molecule has 0 aromatic heterocycles. The second-order valence-electron chi connectivity index (χ2n) is 6.32. The van der Waals surface area contributed by atoms with E-state index in [4.69, 9.17) is 22.1 Å². The van der Waals surface area contributed by atoms with Crippen LogP contribution in [0.25, 0.3) is 0 Å². The minimum Gasteiger partial charge on any atom is -0.492 e. The molecule has 0 aliphatic carbocycles. The van der Waals surface area contributed by atoms with Crippen LogP contribution in [0.1, 0.15) is 32.6 Å². The molecule has 1 amide bonds. The summed E-state index contributed by atoms with van der Waals surface area (Å²) in [6.07, 6.45) is 3.60. The molecule has 1 unspecified atom stereocenters. The number of nitrogens with one attached hydrogen (secondary N) is 1. The van der Waals surface area contributed by atoms with Crippen molar-refractivity contribution in [3.8, 4) is 5.75 Å². The third-order valence-corrected chi connectivity index (χ3v) is 4.61. The van der Waals surface area contributed by atoms with Crippen molar-refractivity contribution < 1.29 is 9.53 Å². The van der Waals surface area contributed by atoms with Crippen LogP contribution in [0.15, 0.2) is 24.3 Å². The number of ether oxygens (including phenoxy) is 1. The first-order valence-corrected chi connectivity index (χ1v) is 9.13. The molecule has 1 aromatic carbocycles. The van der Waals surface area contributed by atoms with Gasteiger partial charge in [0.15, 0.2) is 0 Å². The third kappa shape index (κ3) is 6.30. The van der Waals surface area contributed by atoms with Crippen LogP contribution in [0.3, 0.4) is 0 Å². The Balaban J connectivity index is 1.62. The lowest BCUT2D eigenvalue weighted by atomic mass is 10.0. The summed E-state index contributed by atoms with van der Waals surface area (Å²) in [7, 11) is 0. The van der Waals surface area contributed by atoms with Gasteiger partial charge in [-0.3, -0.25) is 9.69 Å². The van der Waals surface area contributed by atoms with Crippen molar-refractivity contribution in [2.75, 3.05) is 26.2 Å². The Morgan fingerprint density at radius 2 is 2.04 bits per heavy atom. The average Bonchev–Trinajstić information content (AvgIpc) is 2.58. The van der Waals surface area contributed by atoms with E-state index in [0.717, 1.165) is 51.1 Å². The van der Waals surface area contributed by atoms with Crippen LogP contribution in [0.5, 0.6) is 5.75 Å². The minimum absolute atomic E-state index is 0.0126. The molecule has 24 heavy (non-hydrogen) atoms. The lowest BCUT2D eigenvalue weighted by Crippen LogP contribution is -2.50. The van der Waals surface area contributed by atoms with Gasteiger partial charge in [-0.15, -0.1) is 0 Å². The number of carbonyl (C=O) groups excluding carboxylic acids is 1. The first kappa shape index (κ1) is 19.0. The summed E-state index contributed by atoms with van der Waals surface area (Å²) >= 11 is 5.85. The molecule has 0 bridgehead atoms. The molecule has 134 valence electrons. The highest BCUT2D eigenvalue weighted by Gasteiger charge is 2.22. The van der Waals surface area contributed by atoms with Gasteiger partial charge < -0.3 is 15.8 Å². The number of nitrogens with two attached hydrogens (primary N) is 1. The van der Waals surface area contributed by atoms with E-state index in [1.54, 1.807) is 0 Å². The average molecular weight is 354 g/mol. The fraction of sp³-hybridized carbons (Fsp3) is 0.611. The van der Waals surface area contributed by atoms with Crippen molar-refractivity contribution in [1.29, 1.82) is 0 Å². The SMILES string of the molecule is CCCC(N)C(=O)NC1CCN(CCOc2ccc(Cl)cc2)CC1. The molecule has 0 spiro atoms. The summed E-state index contributed by atoms with van der Waals surface area (Å²) in [5, 5.41) is 3.79. The van der Waals surface area contributed by atoms with Crippen LogP contribution in [-0.4, -0.2) is 49.1 Å². The Kier molecular flexibility index (Phi) is 7.82. The molecule has 0 saturated carbocycles. The molecule has 1 heterocycles. The topological polar surface area (TPSA) is 67.6 Å². The highest BCUT2D eigenvalue weighted by Crippen LogP contribution is 2.16. The van der Waals surface area contributed by atoms with E-state index in [1.807, 2.05) is 31.2 Å². The molecule has 5 nitrogen and oxygen atoms in total. The second kappa shape index (κ2) is 9.87. The highest BCUT2D eigenvalue weighted by molar-refractivity contribution is 6.30. The van der Waals surface area contributed by atoms with Crippen molar-refractivity contribution >= 4 is 17.5 Å². The van der Waals surface area contributed by atoms with Crippen LogP contribution in [0.4, 0.5) is 0 Å². The normalized spacial score (nSPS) is 17.5. The quantitative estimate of drug-likeness (QED) is 0.753. The predicted octanol–water partition coefficient (Wildman–Crippen LogP) is 2.43. The van der Waals surface area contributed by atoms with Gasteiger partial charge in [0.1, 0.15) is 12.4 Å². The molecule has 1 saturated heterocycles. The summed E-state index contributed by atoms with van der Waals surface area (Å²) in [5.74, 6) is 0.827. The predicted molar refractivity (Wildman–Crippen MR) is 97.4 cm³/mol. The van der Waals surface area contributed by atoms with Gasteiger partial charge in [-0.1, -0.05) is 24.9 Å². The standard InChI is InChI=1S/C18H28ClN3O2/c1-2-3-17(20)18(23)21-15-8-10-22(11-9-15)12-13-24-16-6-4-14(19)5-7-16/h4-7,15,17H,2-3,8-13,20H2,1H3,(H,21,23). The van der Waals surface area contributed by atoms with Crippen molar-refractivity contribution in [3.05, 3.63) is 29.3 Å². The molecule has 3 N–H and O–H groups in total. The van der Waals surface area contributed by atoms with E-state index >= 15 is 0 Å². The van der Waals surface area contributed by atoms with Crippen molar-refractivity contribution in [2.45, 2.75) is 44.7 Å². The fourth-order valence-electron chi connectivity index (χ4n) is 2.87. The lowest BCUT2D eigenvalue weighted by Gasteiger charge is -2.32. The zero-order chi connectivity index (χ0) is 17.4. The Labute approximate surface area is 149 Å². The molecule has 2 rings (SSSR count). The van der Waals surface area contributed by atoms with Gasteiger partial charge in [0.05, 0.1) is 6.04 Å². The van der Waals surface area contributed by atoms with Gasteiger partial charge in [-0.25, -0.2) is 0 Å². The van der Waals surface area contributed by atoms with Gasteiger partial charge in [0.2, 0.25) is 5.91 Å². The van der Waals surface area contributed by atoms with E-state index in [2.05, 4.69) is 10.2 Å². The number of halogens is 1. The summed E-state index contributed by atoms with van der Waals surface area (Å²) in [6.45, 7) is 5.52. The highest BCUT2D eigenvalue weighted by atomic mass is 35.5. The number of hydrogen-bond acceptors (Lipinski definition) is 4. The van der Waals surface area contributed by atoms with Gasteiger partial charge in [-0.2, -0.15) is 0 Å². The zero-order valence-corrected chi connectivity index (χ0v) is 15.1. The maximum Gasteiger partial charge on any atom is 0.237 e. The molecule has 1 aliphatic heterocycles.